The van der Waals surface area contributed by atoms with Crippen LogP contribution in [0.1, 0.15) is 18.1 Å². The largest absolute Gasteiger partial charge is 0.494 e. The van der Waals surface area contributed by atoms with E-state index in [-0.39, 0.29) is 0 Å². The fourth-order valence-corrected chi connectivity index (χ4v) is 2.03. The summed E-state index contributed by atoms with van der Waals surface area (Å²) in [4.78, 5) is 0. The molecule has 20 heavy (non-hydrogen) atoms. The molecule has 0 fully saturated rings. The molecule has 0 aliphatic carbocycles. The number of hydrogen-bond donors (Lipinski definition) is 1. The minimum Gasteiger partial charge on any atom is -0.494 e. The van der Waals surface area contributed by atoms with Gasteiger partial charge in [0.2, 0.25) is 0 Å². The molecule has 0 atom stereocenters. The lowest BCUT2D eigenvalue weighted by Gasteiger charge is -2.12. The monoisotopic (exact) mass is 271 g/mol. The van der Waals surface area contributed by atoms with E-state index in [1.807, 2.05) is 44.3 Å². The molecular weight excluding hydrogens is 250 g/mol. The van der Waals surface area contributed by atoms with Crippen molar-refractivity contribution < 1.29 is 9.47 Å². The normalized spacial score (nSPS) is 10.3. The standard InChI is InChI=1S/C17H21NO2/c1-4-19-15-6-8-16(9-7-15)20-17-10-5-13(2)11-14(17)12-18-3/h5-11,18H,4,12H2,1-3H3. The van der Waals surface area contributed by atoms with Crippen LogP contribution >= 0.6 is 0 Å². The van der Waals surface area contributed by atoms with Gasteiger partial charge in [-0.3, -0.25) is 0 Å². The first kappa shape index (κ1) is 14.4. The first-order valence-electron chi connectivity index (χ1n) is 6.87. The Bertz CT molecular complexity index is 549. The van der Waals surface area contributed by atoms with Crippen molar-refractivity contribution in [2.45, 2.75) is 20.4 Å². The van der Waals surface area contributed by atoms with E-state index in [0.717, 1.165) is 29.4 Å². The van der Waals surface area contributed by atoms with Crippen LogP contribution in [0.5, 0.6) is 17.2 Å². The molecule has 0 aliphatic rings. The van der Waals surface area contributed by atoms with E-state index >= 15 is 0 Å². The highest BCUT2D eigenvalue weighted by atomic mass is 16.5. The molecule has 2 aromatic carbocycles. The molecule has 1 N–H and O–H groups in total. The van der Waals surface area contributed by atoms with Gasteiger partial charge in [-0.05, 0) is 51.2 Å². The van der Waals surface area contributed by atoms with Crippen LogP contribution in [0.4, 0.5) is 0 Å². The molecule has 0 saturated heterocycles. The predicted molar refractivity (Wildman–Crippen MR) is 81.6 cm³/mol. The maximum atomic E-state index is 5.95. The molecule has 0 unspecified atom stereocenters. The van der Waals surface area contributed by atoms with E-state index in [0.29, 0.717) is 6.61 Å². The second-order valence-corrected chi connectivity index (χ2v) is 4.65. The van der Waals surface area contributed by atoms with Gasteiger partial charge in [-0.15, -0.1) is 0 Å². The smallest absolute Gasteiger partial charge is 0.131 e. The summed E-state index contributed by atoms with van der Waals surface area (Å²) in [6.07, 6.45) is 0. The highest BCUT2D eigenvalue weighted by Crippen LogP contribution is 2.27. The van der Waals surface area contributed by atoms with Gasteiger partial charge in [-0.2, -0.15) is 0 Å². The summed E-state index contributed by atoms with van der Waals surface area (Å²) in [6.45, 7) is 5.51. The van der Waals surface area contributed by atoms with Crippen LogP contribution < -0.4 is 14.8 Å². The zero-order valence-corrected chi connectivity index (χ0v) is 12.3. The maximum Gasteiger partial charge on any atom is 0.131 e. The molecule has 0 aliphatic heterocycles. The molecule has 0 aromatic heterocycles. The Labute approximate surface area is 120 Å². The Morgan fingerprint density at radius 3 is 2.35 bits per heavy atom. The Morgan fingerprint density at radius 2 is 1.70 bits per heavy atom. The third-order valence-electron chi connectivity index (χ3n) is 2.95. The molecule has 0 spiro atoms. The number of rotatable bonds is 6. The van der Waals surface area contributed by atoms with Crippen molar-refractivity contribution in [3.63, 3.8) is 0 Å². The fourth-order valence-electron chi connectivity index (χ4n) is 2.03. The first-order valence-corrected chi connectivity index (χ1v) is 6.87. The molecule has 0 heterocycles. The molecule has 0 bridgehead atoms. The highest BCUT2D eigenvalue weighted by Gasteiger charge is 2.05. The zero-order valence-electron chi connectivity index (χ0n) is 12.3. The Kier molecular flexibility index (Phi) is 5.02. The van der Waals surface area contributed by atoms with Crippen molar-refractivity contribution in [2.75, 3.05) is 13.7 Å². The molecule has 2 aromatic rings. The van der Waals surface area contributed by atoms with Gasteiger partial charge in [-0.1, -0.05) is 17.7 Å². The third-order valence-corrected chi connectivity index (χ3v) is 2.95. The molecule has 3 heteroatoms. The van der Waals surface area contributed by atoms with Crippen molar-refractivity contribution in [1.82, 2.24) is 5.32 Å². The van der Waals surface area contributed by atoms with Crippen LogP contribution in [0.15, 0.2) is 42.5 Å². The molecule has 106 valence electrons. The molecule has 0 radical (unpaired) electrons. The Balaban J connectivity index is 2.16. The lowest BCUT2D eigenvalue weighted by atomic mass is 10.1. The zero-order chi connectivity index (χ0) is 14.4. The van der Waals surface area contributed by atoms with Crippen molar-refractivity contribution in [1.29, 1.82) is 0 Å². The van der Waals surface area contributed by atoms with Gasteiger partial charge in [0, 0.05) is 12.1 Å². The Hall–Kier alpha value is -2.00. The van der Waals surface area contributed by atoms with E-state index < -0.39 is 0 Å². The minimum absolute atomic E-state index is 0.671. The lowest BCUT2D eigenvalue weighted by Crippen LogP contribution is -2.06. The molecule has 0 saturated carbocycles. The highest BCUT2D eigenvalue weighted by molar-refractivity contribution is 5.41. The van der Waals surface area contributed by atoms with Gasteiger partial charge in [0.1, 0.15) is 17.2 Å². The van der Waals surface area contributed by atoms with Crippen LogP contribution in [0.3, 0.4) is 0 Å². The summed E-state index contributed by atoms with van der Waals surface area (Å²) in [6, 6.07) is 13.9. The molecule has 3 nitrogen and oxygen atoms in total. The van der Waals surface area contributed by atoms with E-state index in [1.54, 1.807) is 0 Å². The third kappa shape index (κ3) is 3.75. The van der Waals surface area contributed by atoms with Gasteiger partial charge in [0.15, 0.2) is 0 Å². The molecule has 0 amide bonds. The number of ether oxygens (including phenoxy) is 2. The first-order chi connectivity index (χ1) is 9.72. The van der Waals surface area contributed by atoms with Gasteiger partial charge in [-0.25, -0.2) is 0 Å². The van der Waals surface area contributed by atoms with Crippen molar-refractivity contribution in [3.05, 3.63) is 53.6 Å². The van der Waals surface area contributed by atoms with Gasteiger partial charge in [0.05, 0.1) is 6.61 Å². The van der Waals surface area contributed by atoms with Crippen LogP contribution in [-0.4, -0.2) is 13.7 Å². The second kappa shape index (κ2) is 6.96. The summed E-state index contributed by atoms with van der Waals surface area (Å²) in [5, 5.41) is 3.16. The van der Waals surface area contributed by atoms with Crippen LogP contribution in [0.2, 0.25) is 0 Å². The number of benzene rings is 2. The summed E-state index contributed by atoms with van der Waals surface area (Å²) in [5.74, 6) is 2.56. The minimum atomic E-state index is 0.671. The maximum absolute atomic E-state index is 5.95. The van der Waals surface area contributed by atoms with Gasteiger partial charge >= 0.3 is 0 Å². The average molecular weight is 271 g/mol. The van der Waals surface area contributed by atoms with E-state index in [1.165, 1.54) is 5.56 Å². The number of hydrogen-bond acceptors (Lipinski definition) is 3. The summed E-state index contributed by atoms with van der Waals surface area (Å²) in [5.41, 5.74) is 2.38. The van der Waals surface area contributed by atoms with E-state index in [9.17, 15) is 0 Å². The van der Waals surface area contributed by atoms with Crippen molar-refractivity contribution >= 4 is 0 Å². The molecular formula is C17H21NO2. The second-order valence-electron chi connectivity index (χ2n) is 4.65. The van der Waals surface area contributed by atoms with Gasteiger partial charge in [0.25, 0.3) is 0 Å². The van der Waals surface area contributed by atoms with Crippen molar-refractivity contribution in [3.8, 4) is 17.2 Å². The van der Waals surface area contributed by atoms with Crippen LogP contribution in [-0.2, 0) is 6.54 Å². The van der Waals surface area contributed by atoms with Gasteiger partial charge < -0.3 is 14.8 Å². The van der Waals surface area contributed by atoms with E-state index in [2.05, 4.69) is 24.4 Å². The number of aryl methyl sites for hydroxylation is 1. The predicted octanol–water partition coefficient (Wildman–Crippen LogP) is 3.91. The fraction of sp³-hybridized carbons (Fsp3) is 0.294. The Morgan fingerprint density at radius 1 is 1.00 bits per heavy atom. The topological polar surface area (TPSA) is 30.5 Å². The van der Waals surface area contributed by atoms with Crippen LogP contribution in [0, 0.1) is 6.92 Å². The SMILES string of the molecule is CCOc1ccc(Oc2ccc(C)cc2CNC)cc1. The summed E-state index contributed by atoms with van der Waals surface area (Å²) in [7, 11) is 1.93. The van der Waals surface area contributed by atoms with E-state index in [4.69, 9.17) is 9.47 Å². The average Bonchev–Trinajstić information content (AvgIpc) is 2.44. The summed E-state index contributed by atoms with van der Waals surface area (Å²) < 4.78 is 11.4. The quantitative estimate of drug-likeness (QED) is 0.864. The summed E-state index contributed by atoms with van der Waals surface area (Å²) >= 11 is 0. The van der Waals surface area contributed by atoms with Crippen LogP contribution in [0.25, 0.3) is 0 Å². The lowest BCUT2D eigenvalue weighted by molar-refractivity contribution is 0.339. The van der Waals surface area contributed by atoms with Crippen molar-refractivity contribution in [2.24, 2.45) is 0 Å². The molecule has 2 rings (SSSR count). The number of nitrogens with one attached hydrogen (secondary N) is 1.